The highest BCUT2D eigenvalue weighted by Crippen LogP contribution is 2.41. The van der Waals surface area contributed by atoms with Crippen LogP contribution in [0.15, 0.2) is 12.1 Å². The molecule has 0 saturated carbocycles. The summed E-state index contributed by atoms with van der Waals surface area (Å²) < 4.78 is 39.6. The largest absolute Gasteiger partial charge is 0.316 e. The third-order valence-corrected chi connectivity index (χ3v) is 4.93. The molecule has 2 saturated heterocycles. The summed E-state index contributed by atoms with van der Waals surface area (Å²) in [5.41, 5.74) is 0.470. The van der Waals surface area contributed by atoms with E-state index < -0.39 is 17.5 Å². The molecule has 0 amide bonds. The van der Waals surface area contributed by atoms with Crippen LogP contribution in [0.1, 0.15) is 19.4 Å². The van der Waals surface area contributed by atoms with Gasteiger partial charge in [-0.1, -0.05) is 0 Å². The molecule has 0 aliphatic carbocycles. The van der Waals surface area contributed by atoms with Gasteiger partial charge < -0.3 is 5.32 Å². The quantitative estimate of drug-likeness (QED) is 0.840. The van der Waals surface area contributed by atoms with E-state index in [0.717, 1.165) is 31.8 Å². The van der Waals surface area contributed by atoms with E-state index in [2.05, 4.69) is 24.1 Å². The SMILES string of the molecule is CC1(C)C2CNCC2CN1Cc1cc(F)c(F)c(F)c1. The minimum Gasteiger partial charge on any atom is -0.316 e. The average molecular weight is 284 g/mol. The number of nitrogens with one attached hydrogen (secondary N) is 1. The lowest BCUT2D eigenvalue weighted by Gasteiger charge is -2.35. The molecule has 0 aromatic heterocycles. The van der Waals surface area contributed by atoms with Crippen molar-refractivity contribution in [1.82, 2.24) is 10.2 Å². The van der Waals surface area contributed by atoms with Gasteiger partial charge in [0.25, 0.3) is 0 Å². The van der Waals surface area contributed by atoms with Crippen LogP contribution in [0.3, 0.4) is 0 Å². The summed E-state index contributed by atoms with van der Waals surface area (Å²) >= 11 is 0. The molecule has 110 valence electrons. The maximum absolute atomic E-state index is 13.3. The maximum Gasteiger partial charge on any atom is 0.194 e. The standard InChI is InChI=1S/C15H19F3N2/c1-15(2)11-6-19-5-10(11)8-20(15)7-9-3-12(16)14(18)13(17)4-9/h3-4,10-11,19H,5-8H2,1-2H3. The third kappa shape index (κ3) is 2.13. The van der Waals surface area contributed by atoms with Gasteiger partial charge in [0, 0.05) is 25.2 Å². The van der Waals surface area contributed by atoms with E-state index in [-0.39, 0.29) is 5.54 Å². The molecule has 3 rings (SSSR count). The zero-order valence-electron chi connectivity index (χ0n) is 11.7. The molecule has 0 radical (unpaired) electrons. The zero-order chi connectivity index (χ0) is 14.5. The maximum atomic E-state index is 13.3. The van der Waals surface area contributed by atoms with Gasteiger partial charge in [-0.2, -0.15) is 0 Å². The molecule has 0 spiro atoms. The number of hydrogen-bond donors (Lipinski definition) is 1. The van der Waals surface area contributed by atoms with Crippen molar-refractivity contribution in [1.29, 1.82) is 0 Å². The van der Waals surface area contributed by atoms with Gasteiger partial charge >= 0.3 is 0 Å². The third-order valence-electron chi connectivity index (χ3n) is 4.93. The molecule has 2 aliphatic heterocycles. The fourth-order valence-corrected chi connectivity index (χ4v) is 3.69. The minimum atomic E-state index is -1.39. The van der Waals surface area contributed by atoms with Gasteiger partial charge in [-0.05, 0) is 49.9 Å². The van der Waals surface area contributed by atoms with Gasteiger partial charge in [0.1, 0.15) is 0 Å². The van der Waals surface area contributed by atoms with Gasteiger partial charge in [0.05, 0.1) is 0 Å². The predicted octanol–water partition coefficient (Wildman–Crippen LogP) is 2.53. The second-order valence-electron chi connectivity index (χ2n) is 6.43. The van der Waals surface area contributed by atoms with Crippen molar-refractivity contribution in [3.05, 3.63) is 35.1 Å². The summed E-state index contributed by atoms with van der Waals surface area (Å²) in [6.45, 7) is 7.68. The van der Waals surface area contributed by atoms with Crippen LogP contribution in [0, 0.1) is 29.3 Å². The first-order chi connectivity index (χ1) is 9.39. The van der Waals surface area contributed by atoms with Crippen molar-refractivity contribution in [3.63, 3.8) is 0 Å². The Bertz CT molecular complexity index is 507. The van der Waals surface area contributed by atoms with Gasteiger partial charge in [0.2, 0.25) is 0 Å². The fraction of sp³-hybridized carbons (Fsp3) is 0.600. The number of benzene rings is 1. The van der Waals surface area contributed by atoms with Crippen LogP contribution in [0.5, 0.6) is 0 Å². The molecule has 2 fully saturated rings. The molecule has 2 unspecified atom stereocenters. The number of hydrogen-bond acceptors (Lipinski definition) is 2. The molecule has 1 aromatic rings. The molecular formula is C15H19F3N2. The van der Waals surface area contributed by atoms with E-state index in [0.29, 0.717) is 23.9 Å². The molecule has 1 aromatic carbocycles. The Hall–Kier alpha value is -1.07. The van der Waals surface area contributed by atoms with E-state index in [9.17, 15) is 13.2 Å². The van der Waals surface area contributed by atoms with Crippen LogP contribution in [-0.2, 0) is 6.54 Å². The topological polar surface area (TPSA) is 15.3 Å². The lowest BCUT2D eigenvalue weighted by Crippen LogP contribution is -2.43. The van der Waals surface area contributed by atoms with Crippen molar-refractivity contribution in [3.8, 4) is 0 Å². The molecule has 2 nitrogen and oxygen atoms in total. The van der Waals surface area contributed by atoms with Gasteiger partial charge in [-0.25, -0.2) is 13.2 Å². The monoisotopic (exact) mass is 284 g/mol. The van der Waals surface area contributed by atoms with E-state index in [4.69, 9.17) is 0 Å². The Morgan fingerprint density at radius 2 is 1.85 bits per heavy atom. The lowest BCUT2D eigenvalue weighted by atomic mass is 9.85. The number of likely N-dealkylation sites (tertiary alicyclic amines) is 1. The van der Waals surface area contributed by atoms with Crippen LogP contribution < -0.4 is 5.32 Å². The first-order valence-corrected chi connectivity index (χ1v) is 6.99. The van der Waals surface area contributed by atoms with Crippen molar-refractivity contribution >= 4 is 0 Å². The summed E-state index contributed by atoms with van der Waals surface area (Å²) in [6.07, 6.45) is 0. The molecule has 20 heavy (non-hydrogen) atoms. The van der Waals surface area contributed by atoms with E-state index in [1.807, 2.05) is 0 Å². The number of rotatable bonds is 2. The molecule has 2 heterocycles. The predicted molar refractivity (Wildman–Crippen MR) is 70.7 cm³/mol. The molecular weight excluding hydrogens is 265 g/mol. The van der Waals surface area contributed by atoms with Gasteiger partial charge in [-0.3, -0.25) is 4.90 Å². The van der Waals surface area contributed by atoms with Crippen LogP contribution in [-0.4, -0.2) is 30.1 Å². The summed E-state index contributed by atoms with van der Waals surface area (Å²) in [6, 6.07) is 2.20. The molecule has 5 heteroatoms. The molecule has 1 N–H and O–H groups in total. The first-order valence-electron chi connectivity index (χ1n) is 6.99. The molecule has 0 bridgehead atoms. The fourth-order valence-electron chi connectivity index (χ4n) is 3.69. The van der Waals surface area contributed by atoms with Crippen molar-refractivity contribution < 1.29 is 13.2 Å². The second kappa shape index (κ2) is 4.74. The highest BCUT2D eigenvalue weighted by Gasteiger charge is 2.49. The van der Waals surface area contributed by atoms with E-state index in [1.54, 1.807) is 0 Å². The Balaban J connectivity index is 1.82. The number of fused-ring (bicyclic) bond motifs is 1. The highest BCUT2D eigenvalue weighted by molar-refractivity contribution is 5.20. The summed E-state index contributed by atoms with van der Waals surface area (Å²) in [7, 11) is 0. The molecule has 2 atom stereocenters. The second-order valence-corrected chi connectivity index (χ2v) is 6.43. The van der Waals surface area contributed by atoms with Crippen molar-refractivity contribution in [2.75, 3.05) is 19.6 Å². The Kier molecular flexibility index (Phi) is 3.29. The lowest BCUT2D eigenvalue weighted by molar-refractivity contribution is 0.131. The van der Waals surface area contributed by atoms with Gasteiger partial charge in [0.15, 0.2) is 17.5 Å². The normalized spacial score (nSPS) is 28.9. The van der Waals surface area contributed by atoms with Crippen LogP contribution in [0.2, 0.25) is 0 Å². The van der Waals surface area contributed by atoms with E-state index >= 15 is 0 Å². The minimum absolute atomic E-state index is 0.0183. The van der Waals surface area contributed by atoms with Crippen LogP contribution in [0.25, 0.3) is 0 Å². The van der Waals surface area contributed by atoms with Crippen molar-refractivity contribution in [2.24, 2.45) is 11.8 Å². The average Bonchev–Trinajstić information content (AvgIpc) is 2.91. The van der Waals surface area contributed by atoms with Gasteiger partial charge in [-0.15, -0.1) is 0 Å². The highest BCUT2D eigenvalue weighted by atomic mass is 19.2. The number of nitrogens with zero attached hydrogens (tertiary/aromatic N) is 1. The summed E-state index contributed by atoms with van der Waals surface area (Å²) in [5, 5.41) is 3.39. The Morgan fingerprint density at radius 1 is 1.20 bits per heavy atom. The smallest absolute Gasteiger partial charge is 0.194 e. The summed E-state index contributed by atoms with van der Waals surface area (Å²) in [5.74, 6) is -2.48. The Morgan fingerprint density at radius 3 is 2.45 bits per heavy atom. The number of halogens is 3. The zero-order valence-corrected chi connectivity index (χ0v) is 11.7. The summed E-state index contributed by atoms with van der Waals surface area (Å²) in [4.78, 5) is 2.25. The van der Waals surface area contributed by atoms with Crippen LogP contribution >= 0.6 is 0 Å². The van der Waals surface area contributed by atoms with E-state index in [1.165, 1.54) is 0 Å². The Labute approximate surface area is 117 Å². The first kappa shape index (κ1) is 13.9. The van der Waals surface area contributed by atoms with Crippen molar-refractivity contribution in [2.45, 2.75) is 25.9 Å². The van der Waals surface area contributed by atoms with Crippen LogP contribution in [0.4, 0.5) is 13.2 Å². The molecule has 2 aliphatic rings.